The molecule has 0 spiro atoms. The monoisotopic (exact) mass is 483 g/mol. The molecule has 32 heavy (non-hydrogen) atoms. The van der Waals surface area contributed by atoms with Gasteiger partial charge in [0.1, 0.15) is 5.75 Å². The number of ether oxygens (including phenoxy) is 1. The summed E-state index contributed by atoms with van der Waals surface area (Å²) in [4.78, 5) is 24.7. The zero-order valence-electron chi connectivity index (χ0n) is 16.1. The molecule has 5 nitrogen and oxygen atoms in total. The number of anilines is 1. The molecule has 3 aromatic rings. The minimum Gasteiger partial charge on any atom is -0.474 e. The van der Waals surface area contributed by atoms with Crippen LogP contribution in [0.2, 0.25) is 10.0 Å². The number of halogens is 5. The Morgan fingerprint density at radius 1 is 0.875 bits per heavy atom. The molecule has 1 N–H and O–H groups in total. The number of hydrogen-bond donors (Lipinski definition) is 1. The number of nitrogens with zero attached hydrogens (tertiary/aromatic N) is 1. The number of alkyl halides is 3. The lowest BCUT2D eigenvalue weighted by atomic mass is 10.0. The van der Waals surface area contributed by atoms with E-state index in [-0.39, 0.29) is 28.0 Å². The summed E-state index contributed by atoms with van der Waals surface area (Å²) in [5, 5.41) is 9.77. The predicted octanol–water partition coefficient (Wildman–Crippen LogP) is 6.18. The molecule has 3 aromatic carbocycles. The first-order valence-corrected chi connectivity index (χ1v) is 9.74. The highest BCUT2D eigenvalue weighted by atomic mass is 35.5. The van der Waals surface area contributed by atoms with Gasteiger partial charge in [0.2, 0.25) is 0 Å². The second-order valence-corrected chi connectivity index (χ2v) is 7.33. The van der Waals surface area contributed by atoms with E-state index in [0.29, 0.717) is 16.7 Å². The fraction of sp³-hybridized carbons (Fsp3) is 0.0909. The standard InChI is InChI=1S/C22H14Cl2F3NO4/c23-18-2-1-3-19(24)17(18)12-28(20(29)21(30)31)15-8-4-13(5-9-15)14-6-10-16(11-7-14)32-22(25,26)27/h1-11H,12H2,(H,30,31). The molecule has 0 radical (unpaired) electrons. The Morgan fingerprint density at radius 2 is 1.38 bits per heavy atom. The lowest BCUT2D eigenvalue weighted by Crippen LogP contribution is -2.36. The Hall–Kier alpha value is -3.23. The first-order chi connectivity index (χ1) is 15.0. The Balaban J connectivity index is 1.88. The summed E-state index contributed by atoms with van der Waals surface area (Å²) in [6.07, 6.45) is -4.78. The third-order valence-corrected chi connectivity index (χ3v) is 5.11. The van der Waals surface area contributed by atoms with Crippen molar-refractivity contribution in [2.24, 2.45) is 0 Å². The van der Waals surface area contributed by atoms with Gasteiger partial charge in [0, 0.05) is 21.3 Å². The smallest absolute Gasteiger partial charge is 0.474 e. The minimum atomic E-state index is -4.78. The van der Waals surface area contributed by atoms with Crippen molar-refractivity contribution in [3.05, 3.63) is 82.3 Å². The van der Waals surface area contributed by atoms with Crippen LogP contribution in [0, 0.1) is 0 Å². The number of benzene rings is 3. The number of carbonyl (C=O) groups is 2. The highest BCUT2D eigenvalue weighted by molar-refractivity contribution is 6.38. The van der Waals surface area contributed by atoms with Gasteiger partial charge in [-0.1, -0.05) is 53.5 Å². The van der Waals surface area contributed by atoms with Gasteiger partial charge in [-0.25, -0.2) is 4.79 Å². The van der Waals surface area contributed by atoms with Crippen molar-refractivity contribution in [3.8, 4) is 16.9 Å². The molecule has 0 aliphatic heterocycles. The van der Waals surface area contributed by atoms with E-state index in [4.69, 9.17) is 23.2 Å². The van der Waals surface area contributed by atoms with Gasteiger partial charge in [0.25, 0.3) is 0 Å². The van der Waals surface area contributed by atoms with Crippen molar-refractivity contribution in [1.29, 1.82) is 0 Å². The van der Waals surface area contributed by atoms with Gasteiger partial charge in [-0.2, -0.15) is 0 Å². The molecule has 0 heterocycles. The van der Waals surface area contributed by atoms with Gasteiger partial charge in [-0.15, -0.1) is 13.2 Å². The fourth-order valence-corrected chi connectivity index (χ4v) is 3.44. The SMILES string of the molecule is O=C(O)C(=O)N(Cc1c(Cl)cccc1Cl)c1ccc(-c2ccc(OC(F)(F)F)cc2)cc1. The number of carboxylic acid groups (broad SMARTS) is 1. The lowest BCUT2D eigenvalue weighted by molar-refractivity contribution is -0.274. The molecule has 0 aromatic heterocycles. The third kappa shape index (κ3) is 5.72. The van der Waals surface area contributed by atoms with Crippen LogP contribution in [0.15, 0.2) is 66.7 Å². The molecule has 0 fully saturated rings. The Kier molecular flexibility index (Phi) is 6.96. The van der Waals surface area contributed by atoms with Crippen LogP contribution in [0.25, 0.3) is 11.1 Å². The van der Waals surface area contributed by atoms with Crippen LogP contribution in [0.1, 0.15) is 5.56 Å². The van der Waals surface area contributed by atoms with Crippen LogP contribution in [0.4, 0.5) is 18.9 Å². The number of carboxylic acids is 1. The first-order valence-electron chi connectivity index (χ1n) is 8.99. The van der Waals surface area contributed by atoms with Crippen molar-refractivity contribution in [2.45, 2.75) is 12.9 Å². The second-order valence-electron chi connectivity index (χ2n) is 6.52. The molecule has 0 atom stereocenters. The molecule has 0 unspecified atom stereocenters. The Morgan fingerprint density at radius 3 is 1.84 bits per heavy atom. The fourth-order valence-electron chi connectivity index (χ4n) is 2.92. The van der Waals surface area contributed by atoms with E-state index in [9.17, 15) is 27.9 Å². The maximum absolute atomic E-state index is 12.3. The molecule has 0 aliphatic carbocycles. The van der Waals surface area contributed by atoms with Crippen LogP contribution in [-0.4, -0.2) is 23.3 Å². The average Bonchev–Trinajstić information content (AvgIpc) is 2.73. The zero-order valence-corrected chi connectivity index (χ0v) is 17.6. The van der Waals surface area contributed by atoms with E-state index < -0.39 is 18.2 Å². The maximum atomic E-state index is 12.3. The third-order valence-electron chi connectivity index (χ3n) is 4.41. The molecular weight excluding hydrogens is 470 g/mol. The van der Waals surface area contributed by atoms with Crippen molar-refractivity contribution >= 4 is 40.8 Å². The van der Waals surface area contributed by atoms with Gasteiger partial charge >= 0.3 is 18.2 Å². The largest absolute Gasteiger partial charge is 0.573 e. The molecule has 1 amide bonds. The summed E-state index contributed by atoms with van der Waals surface area (Å²) >= 11 is 12.3. The maximum Gasteiger partial charge on any atom is 0.573 e. The highest BCUT2D eigenvalue weighted by Gasteiger charge is 2.31. The summed E-state index contributed by atoms with van der Waals surface area (Å²) in [6.45, 7) is -0.174. The number of rotatable bonds is 5. The summed E-state index contributed by atoms with van der Waals surface area (Å²) in [5.74, 6) is -3.19. The number of aliphatic carboxylic acids is 1. The average molecular weight is 484 g/mol. The highest BCUT2D eigenvalue weighted by Crippen LogP contribution is 2.30. The molecule has 0 saturated heterocycles. The second kappa shape index (κ2) is 9.50. The van der Waals surface area contributed by atoms with Crippen molar-refractivity contribution in [2.75, 3.05) is 4.90 Å². The normalized spacial score (nSPS) is 11.2. The number of carbonyl (C=O) groups excluding carboxylic acids is 1. The van der Waals surface area contributed by atoms with Crippen molar-refractivity contribution in [1.82, 2.24) is 0 Å². The summed E-state index contributed by atoms with van der Waals surface area (Å²) in [5.41, 5.74) is 1.88. The lowest BCUT2D eigenvalue weighted by Gasteiger charge is -2.22. The predicted molar refractivity (Wildman–Crippen MR) is 114 cm³/mol. The minimum absolute atomic E-state index is 0.174. The molecule has 10 heteroatoms. The van der Waals surface area contributed by atoms with Gasteiger partial charge in [0.15, 0.2) is 0 Å². The zero-order chi connectivity index (χ0) is 23.5. The van der Waals surface area contributed by atoms with E-state index >= 15 is 0 Å². The van der Waals surface area contributed by atoms with Crippen LogP contribution >= 0.6 is 23.2 Å². The molecular formula is C22H14Cl2F3NO4. The van der Waals surface area contributed by atoms with Gasteiger partial charge in [-0.05, 0) is 47.5 Å². The molecule has 0 bridgehead atoms. The van der Waals surface area contributed by atoms with E-state index in [1.807, 2.05) is 0 Å². The molecule has 0 aliphatic rings. The van der Waals surface area contributed by atoms with Crippen LogP contribution in [-0.2, 0) is 16.1 Å². The van der Waals surface area contributed by atoms with E-state index in [0.717, 1.165) is 4.90 Å². The summed E-state index contributed by atoms with van der Waals surface area (Å²) in [6, 6.07) is 16.2. The van der Waals surface area contributed by atoms with Crippen molar-refractivity contribution in [3.63, 3.8) is 0 Å². The molecule has 0 saturated carbocycles. The quantitative estimate of drug-likeness (QED) is 0.440. The molecule has 166 valence electrons. The summed E-state index contributed by atoms with van der Waals surface area (Å²) < 4.78 is 40.7. The first kappa shape index (κ1) is 23.4. The summed E-state index contributed by atoms with van der Waals surface area (Å²) in [7, 11) is 0. The van der Waals surface area contributed by atoms with Crippen LogP contribution in [0.3, 0.4) is 0 Å². The number of hydrogen-bond acceptors (Lipinski definition) is 3. The van der Waals surface area contributed by atoms with Gasteiger partial charge in [-0.3, -0.25) is 9.69 Å². The van der Waals surface area contributed by atoms with Crippen LogP contribution in [0.5, 0.6) is 5.75 Å². The van der Waals surface area contributed by atoms with E-state index in [1.54, 1.807) is 30.3 Å². The topological polar surface area (TPSA) is 66.8 Å². The Labute approximate surface area is 190 Å². The van der Waals surface area contributed by atoms with E-state index in [2.05, 4.69) is 4.74 Å². The number of amides is 1. The van der Waals surface area contributed by atoms with Gasteiger partial charge < -0.3 is 9.84 Å². The Bertz CT molecular complexity index is 1110. The van der Waals surface area contributed by atoms with E-state index in [1.165, 1.54) is 36.4 Å². The van der Waals surface area contributed by atoms with Crippen molar-refractivity contribution < 1.29 is 32.6 Å². The van der Waals surface area contributed by atoms with Gasteiger partial charge in [0.05, 0.1) is 6.54 Å². The molecule has 3 rings (SSSR count). The van der Waals surface area contributed by atoms with Crippen LogP contribution < -0.4 is 9.64 Å².